The first kappa shape index (κ1) is 20.8. The Morgan fingerprint density at radius 3 is 1.14 bits per heavy atom. The van der Waals surface area contributed by atoms with Gasteiger partial charge in [0.15, 0.2) is 0 Å². The van der Waals surface area contributed by atoms with E-state index in [2.05, 4.69) is 13.2 Å². The molecule has 2 atom stereocenters. The van der Waals surface area contributed by atoms with Crippen LogP contribution in [0.25, 0.3) is 0 Å². The van der Waals surface area contributed by atoms with E-state index in [1.807, 2.05) is 55.4 Å². The Hall–Kier alpha value is -1.18. The van der Waals surface area contributed by atoms with Crippen LogP contribution in [0.2, 0.25) is 0 Å². The summed E-state index contributed by atoms with van der Waals surface area (Å²) >= 11 is 0. The number of Topliss-reactive ketones (excluding diaryl/α,β-unsaturated/α-hetero) is 2. The van der Waals surface area contributed by atoms with Gasteiger partial charge in [-0.1, -0.05) is 52.0 Å². The molecule has 0 aliphatic heterocycles. The van der Waals surface area contributed by atoms with E-state index in [9.17, 15) is 9.59 Å². The summed E-state index contributed by atoms with van der Waals surface area (Å²) in [5, 5.41) is 0. The van der Waals surface area contributed by atoms with Gasteiger partial charge in [0, 0.05) is 22.7 Å². The van der Waals surface area contributed by atoms with E-state index >= 15 is 0 Å². The number of hydrogen-bond donors (Lipinski definition) is 0. The molecule has 0 rings (SSSR count). The molecule has 0 heterocycles. The first-order valence-electron chi connectivity index (χ1n) is 8.21. The maximum atomic E-state index is 12.6. The summed E-state index contributed by atoms with van der Waals surface area (Å²) in [5.74, 6) is 0.305. The van der Waals surface area contributed by atoms with Crippen molar-refractivity contribution in [3.8, 4) is 0 Å². The molecule has 0 aromatic heterocycles. The lowest BCUT2D eigenvalue weighted by atomic mass is 9.65. The molecular formula is C20H34O2. The average molecular weight is 306 g/mol. The minimum atomic E-state index is -0.581. The van der Waals surface area contributed by atoms with Gasteiger partial charge < -0.3 is 0 Å². The summed E-state index contributed by atoms with van der Waals surface area (Å²) in [6, 6.07) is 0. The SMILES string of the molecule is C=C(C)C(C)(CCC(C)(C(=C)C)C(=O)C(C)C)C(=O)C(C)C. The molecule has 0 aliphatic carbocycles. The van der Waals surface area contributed by atoms with Gasteiger partial charge in [-0.15, -0.1) is 0 Å². The lowest BCUT2D eigenvalue weighted by molar-refractivity contribution is -0.132. The van der Waals surface area contributed by atoms with Crippen LogP contribution in [0.1, 0.15) is 68.2 Å². The number of hydrogen-bond acceptors (Lipinski definition) is 2. The maximum absolute atomic E-state index is 12.6. The van der Waals surface area contributed by atoms with Gasteiger partial charge >= 0.3 is 0 Å². The van der Waals surface area contributed by atoms with Crippen LogP contribution in [0, 0.1) is 22.7 Å². The number of ketones is 2. The highest BCUT2D eigenvalue weighted by Crippen LogP contribution is 2.42. The van der Waals surface area contributed by atoms with Gasteiger partial charge in [-0.05, 0) is 40.5 Å². The zero-order chi connectivity index (χ0) is 17.9. The second kappa shape index (κ2) is 7.39. The minimum absolute atomic E-state index is 0.0430. The van der Waals surface area contributed by atoms with Gasteiger partial charge in [0.25, 0.3) is 0 Å². The lowest BCUT2D eigenvalue weighted by Crippen LogP contribution is -2.37. The fraction of sp³-hybridized carbons (Fsp3) is 0.700. The number of carbonyl (C=O) groups is 2. The zero-order valence-corrected chi connectivity index (χ0v) is 15.8. The third-order valence-corrected chi connectivity index (χ3v) is 5.15. The van der Waals surface area contributed by atoms with Crippen molar-refractivity contribution in [3.05, 3.63) is 24.3 Å². The van der Waals surface area contributed by atoms with Crippen LogP contribution in [-0.2, 0) is 9.59 Å². The Labute approximate surface area is 137 Å². The van der Waals surface area contributed by atoms with Crippen LogP contribution in [-0.4, -0.2) is 11.6 Å². The van der Waals surface area contributed by atoms with E-state index in [0.717, 1.165) is 11.1 Å². The molecule has 0 bridgehead atoms. The summed E-state index contributed by atoms with van der Waals surface area (Å²) in [4.78, 5) is 25.3. The second-order valence-corrected chi connectivity index (χ2v) is 7.76. The Kier molecular flexibility index (Phi) is 6.99. The normalized spacial score (nSPS) is 17.0. The highest BCUT2D eigenvalue weighted by atomic mass is 16.1. The number of carbonyl (C=O) groups excluding carboxylic acids is 2. The van der Waals surface area contributed by atoms with Gasteiger partial charge in [-0.25, -0.2) is 0 Å². The maximum Gasteiger partial charge on any atom is 0.145 e. The molecule has 0 saturated heterocycles. The minimum Gasteiger partial charge on any atom is -0.298 e. The molecule has 22 heavy (non-hydrogen) atoms. The third kappa shape index (κ3) is 4.18. The fourth-order valence-corrected chi connectivity index (χ4v) is 2.87. The molecular weight excluding hydrogens is 272 g/mol. The molecule has 0 saturated carbocycles. The molecule has 2 unspecified atom stereocenters. The molecule has 126 valence electrons. The van der Waals surface area contributed by atoms with Gasteiger partial charge in [0.2, 0.25) is 0 Å². The predicted octanol–water partition coefficient (Wildman–Crippen LogP) is 5.38. The number of rotatable bonds is 9. The van der Waals surface area contributed by atoms with Gasteiger partial charge in [0.1, 0.15) is 11.6 Å². The van der Waals surface area contributed by atoms with E-state index in [-0.39, 0.29) is 23.4 Å². The number of allylic oxidation sites excluding steroid dienone is 2. The van der Waals surface area contributed by atoms with Gasteiger partial charge in [-0.3, -0.25) is 9.59 Å². The monoisotopic (exact) mass is 306 g/mol. The van der Waals surface area contributed by atoms with E-state index in [0.29, 0.717) is 12.8 Å². The van der Waals surface area contributed by atoms with Gasteiger partial charge in [-0.2, -0.15) is 0 Å². The van der Waals surface area contributed by atoms with Crippen LogP contribution >= 0.6 is 0 Å². The van der Waals surface area contributed by atoms with Crippen LogP contribution in [0.4, 0.5) is 0 Å². The van der Waals surface area contributed by atoms with Crippen molar-refractivity contribution in [3.63, 3.8) is 0 Å². The van der Waals surface area contributed by atoms with Gasteiger partial charge in [0.05, 0.1) is 0 Å². The highest BCUT2D eigenvalue weighted by molar-refractivity contribution is 5.90. The van der Waals surface area contributed by atoms with Crippen molar-refractivity contribution in [2.24, 2.45) is 22.7 Å². The Morgan fingerprint density at radius 1 is 0.773 bits per heavy atom. The fourth-order valence-electron chi connectivity index (χ4n) is 2.87. The molecule has 2 heteroatoms. The molecule has 0 radical (unpaired) electrons. The standard InChI is InChI=1S/C20H34O2/c1-13(2)17(21)19(9,15(5)6)11-12-20(10,16(7)8)18(22)14(3)4/h13-14H,5,7,11-12H2,1-4,6,8-10H3. The largest absolute Gasteiger partial charge is 0.298 e. The average Bonchev–Trinajstić information content (AvgIpc) is 2.41. The van der Waals surface area contributed by atoms with E-state index < -0.39 is 10.8 Å². The topological polar surface area (TPSA) is 34.1 Å². The zero-order valence-electron chi connectivity index (χ0n) is 15.8. The third-order valence-electron chi connectivity index (χ3n) is 5.15. The smallest absolute Gasteiger partial charge is 0.145 e. The Morgan fingerprint density at radius 2 is 1.00 bits per heavy atom. The van der Waals surface area contributed by atoms with Crippen LogP contribution in [0.15, 0.2) is 24.3 Å². The van der Waals surface area contributed by atoms with Crippen molar-refractivity contribution in [2.45, 2.75) is 68.2 Å². The predicted molar refractivity (Wildman–Crippen MR) is 94.8 cm³/mol. The molecule has 0 aromatic carbocycles. The first-order valence-corrected chi connectivity index (χ1v) is 8.21. The summed E-state index contributed by atoms with van der Waals surface area (Å²) < 4.78 is 0. The second-order valence-electron chi connectivity index (χ2n) is 7.76. The van der Waals surface area contributed by atoms with Crippen molar-refractivity contribution in [2.75, 3.05) is 0 Å². The highest BCUT2D eigenvalue weighted by Gasteiger charge is 2.41. The molecule has 0 fully saturated rings. The summed E-state index contributed by atoms with van der Waals surface area (Å²) in [7, 11) is 0. The Bertz CT molecular complexity index is 426. The van der Waals surface area contributed by atoms with E-state index in [1.165, 1.54) is 0 Å². The molecule has 0 aromatic rings. The Balaban J connectivity index is 5.51. The van der Waals surface area contributed by atoms with Crippen molar-refractivity contribution in [1.82, 2.24) is 0 Å². The summed E-state index contributed by atoms with van der Waals surface area (Å²) in [6.07, 6.45) is 1.25. The lowest BCUT2D eigenvalue weighted by Gasteiger charge is -2.36. The summed E-state index contributed by atoms with van der Waals surface area (Å²) in [6.45, 7) is 23.4. The molecule has 0 spiro atoms. The van der Waals surface area contributed by atoms with E-state index in [4.69, 9.17) is 0 Å². The molecule has 0 aliphatic rings. The first-order chi connectivity index (χ1) is 9.80. The van der Waals surface area contributed by atoms with Crippen molar-refractivity contribution in [1.29, 1.82) is 0 Å². The van der Waals surface area contributed by atoms with Crippen LogP contribution in [0.5, 0.6) is 0 Å². The molecule has 0 amide bonds. The van der Waals surface area contributed by atoms with E-state index in [1.54, 1.807) is 0 Å². The van der Waals surface area contributed by atoms with Crippen molar-refractivity contribution >= 4 is 11.6 Å². The van der Waals surface area contributed by atoms with Crippen LogP contribution in [0.3, 0.4) is 0 Å². The van der Waals surface area contributed by atoms with Crippen molar-refractivity contribution < 1.29 is 9.59 Å². The molecule has 2 nitrogen and oxygen atoms in total. The summed E-state index contributed by atoms with van der Waals surface area (Å²) in [5.41, 5.74) is 0.573. The molecule has 0 N–H and O–H groups in total. The quantitative estimate of drug-likeness (QED) is 0.536. The van der Waals surface area contributed by atoms with Crippen LogP contribution < -0.4 is 0 Å².